The molecule has 1 aromatic carbocycles. The summed E-state index contributed by atoms with van der Waals surface area (Å²) < 4.78 is 0. The van der Waals surface area contributed by atoms with Gasteiger partial charge in [0.05, 0.1) is 5.69 Å². The third-order valence-electron chi connectivity index (χ3n) is 2.23. The van der Waals surface area contributed by atoms with Gasteiger partial charge in [0.25, 0.3) is 0 Å². The van der Waals surface area contributed by atoms with Crippen LogP contribution >= 0.6 is 15.9 Å². The summed E-state index contributed by atoms with van der Waals surface area (Å²) in [6.07, 6.45) is 0. The number of nitrogens with two attached hydrogens (primary N) is 1. The van der Waals surface area contributed by atoms with Gasteiger partial charge in [0.15, 0.2) is 0 Å². The fourth-order valence-corrected chi connectivity index (χ4v) is 1.86. The number of hydrogen-bond acceptors (Lipinski definition) is 2. The van der Waals surface area contributed by atoms with E-state index in [0.717, 1.165) is 22.2 Å². The monoisotopic (exact) mass is 262 g/mol. The summed E-state index contributed by atoms with van der Waals surface area (Å²) in [6.45, 7) is 0. The first-order chi connectivity index (χ1) is 7.31. The van der Waals surface area contributed by atoms with Crippen molar-refractivity contribution in [3.8, 4) is 11.3 Å². The molecule has 0 fully saturated rings. The lowest BCUT2D eigenvalue weighted by molar-refractivity contribution is 1.27. The van der Waals surface area contributed by atoms with Crippen molar-refractivity contribution in [2.24, 2.45) is 0 Å². The molecule has 0 aliphatic carbocycles. The average Bonchev–Trinajstić information content (AvgIpc) is 2.30. The van der Waals surface area contributed by atoms with Crippen molar-refractivity contribution in [1.82, 2.24) is 4.98 Å². The van der Waals surface area contributed by atoms with Gasteiger partial charge in [-0.1, -0.05) is 52.3 Å². The Bertz CT molecular complexity index is 454. The van der Waals surface area contributed by atoms with Crippen molar-refractivity contribution >= 4 is 21.7 Å². The Morgan fingerprint density at radius 1 is 1.07 bits per heavy atom. The molecule has 76 valence electrons. The second-order valence-corrected chi connectivity index (χ2v) is 3.80. The molecule has 0 saturated carbocycles. The molecule has 2 aromatic rings. The maximum Gasteiger partial charge on any atom is 0.128 e. The second kappa shape index (κ2) is 4.45. The molecule has 0 aliphatic rings. The van der Waals surface area contributed by atoms with Crippen molar-refractivity contribution in [3.63, 3.8) is 0 Å². The number of alkyl halides is 1. The summed E-state index contributed by atoms with van der Waals surface area (Å²) in [6, 6.07) is 14.0. The first-order valence-corrected chi connectivity index (χ1v) is 5.80. The lowest BCUT2D eigenvalue weighted by atomic mass is 10.1. The van der Waals surface area contributed by atoms with Gasteiger partial charge in [-0.2, -0.15) is 0 Å². The zero-order valence-electron chi connectivity index (χ0n) is 8.15. The van der Waals surface area contributed by atoms with Crippen LogP contribution in [0.15, 0.2) is 42.5 Å². The van der Waals surface area contributed by atoms with Crippen molar-refractivity contribution in [3.05, 3.63) is 48.0 Å². The fourth-order valence-electron chi connectivity index (χ4n) is 1.39. The summed E-state index contributed by atoms with van der Waals surface area (Å²) in [5.41, 5.74) is 8.85. The number of nitrogens with zero attached hydrogens (tertiary/aromatic N) is 1. The normalized spacial score (nSPS) is 10.2. The lowest BCUT2D eigenvalue weighted by Crippen LogP contribution is -1.97. The van der Waals surface area contributed by atoms with Crippen LogP contribution < -0.4 is 5.73 Å². The van der Waals surface area contributed by atoms with Crippen LogP contribution in [0.25, 0.3) is 11.3 Å². The Balaban J connectivity index is 2.43. The number of halogens is 1. The summed E-state index contributed by atoms with van der Waals surface area (Å²) in [5.74, 6) is 0.591. The third-order valence-corrected chi connectivity index (χ3v) is 2.83. The van der Waals surface area contributed by atoms with E-state index in [9.17, 15) is 0 Å². The Hall–Kier alpha value is -1.35. The van der Waals surface area contributed by atoms with Crippen LogP contribution in [0.3, 0.4) is 0 Å². The highest BCUT2D eigenvalue weighted by molar-refractivity contribution is 9.08. The second-order valence-electron chi connectivity index (χ2n) is 3.24. The van der Waals surface area contributed by atoms with Gasteiger partial charge in [-0.15, -0.1) is 0 Å². The zero-order chi connectivity index (χ0) is 10.7. The minimum Gasteiger partial charge on any atom is -0.383 e. The minimum absolute atomic E-state index is 0.591. The van der Waals surface area contributed by atoms with Gasteiger partial charge in [-0.25, -0.2) is 4.98 Å². The van der Waals surface area contributed by atoms with Gasteiger partial charge in [0, 0.05) is 16.5 Å². The van der Waals surface area contributed by atoms with Gasteiger partial charge in [0.1, 0.15) is 5.82 Å². The average molecular weight is 263 g/mol. The lowest BCUT2D eigenvalue weighted by Gasteiger charge is -2.04. The number of nitrogen functional groups attached to an aromatic ring is 1. The number of aromatic nitrogens is 1. The Morgan fingerprint density at radius 3 is 2.40 bits per heavy atom. The SMILES string of the molecule is Nc1nc(-c2ccccc2)ccc1CBr. The molecule has 0 saturated heterocycles. The highest BCUT2D eigenvalue weighted by Crippen LogP contribution is 2.21. The van der Waals surface area contributed by atoms with E-state index in [1.807, 2.05) is 42.5 Å². The number of rotatable bonds is 2. The smallest absolute Gasteiger partial charge is 0.128 e. The molecule has 1 aromatic heterocycles. The van der Waals surface area contributed by atoms with E-state index >= 15 is 0 Å². The highest BCUT2D eigenvalue weighted by atomic mass is 79.9. The predicted octanol–water partition coefficient (Wildman–Crippen LogP) is 3.23. The Labute approximate surface area is 97.3 Å². The molecule has 0 bridgehead atoms. The first-order valence-electron chi connectivity index (χ1n) is 4.68. The number of benzene rings is 1. The van der Waals surface area contributed by atoms with Gasteiger partial charge in [-0.05, 0) is 6.07 Å². The van der Waals surface area contributed by atoms with Gasteiger partial charge in [-0.3, -0.25) is 0 Å². The molecule has 0 unspecified atom stereocenters. The van der Waals surface area contributed by atoms with Gasteiger partial charge < -0.3 is 5.73 Å². The zero-order valence-corrected chi connectivity index (χ0v) is 9.74. The molecule has 1 heterocycles. The van der Waals surface area contributed by atoms with Crippen molar-refractivity contribution in [1.29, 1.82) is 0 Å². The van der Waals surface area contributed by atoms with E-state index in [-0.39, 0.29) is 0 Å². The standard InChI is InChI=1S/C12H11BrN2/c13-8-10-6-7-11(15-12(10)14)9-4-2-1-3-5-9/h1-7H,8H2,(H2,14,15). The molecule has 3 heteroatoms. The maximum absolute atomic E-state index is 5.83. The first kappa shape index (κ1) is 10.2. The molecule has 2 rings (SSSR count). The molecular formula is C12H11BrN2. The molecule has 0 atom stereocenters. The van der Waals surface area contributed by atoms with Crippen molar-refractivity contribution in [2.75, 3.05) is 5.73 Å². The summed E-state index contributed by atoms with van der Waals surface area (Å²) in [4.78, 5) is 4.36. The van der Waals surface area contributed by atoms with Crippen LogP contribution in [0.4, 0.5) is 5.82 Å². The van der Waals surface area contributed by atoms with E-state index in [1.165, 1.54) is 0 Å². The van der Waals surface area contributed by atoms with Gasteiger partial charge in [0.2, 0.25) is 0 Å². The molecular weight excluding hydrogens is 252 g/mol. The van der Waals surface area contributed by atoms with Crippen LogP contribution in [-0.4, -0.2) is 4.98 Å². The van der Waals surface area contributed by atoms with E-state index < -0.39 is 0 Å². The van der Waals surface area contributed by atoms with Gasteiger partial charge >= 0.3 is 0 Å². The van der Waals surface area contributed by atoms with Crippen LogP contribution in [0.2, 0.25) is 0 Å². The van der Waals surface area contributed by atoms with Crippen LogP contribution in [0.5, 0.6) is 0 Å². The number of hydrogen-bond donors (Lipinski definition) is 1. The van der Waals surface area contributed by atoms with E-state index in [2.05, 4.69) is 20.9 Å². The fraction of sp³-hybridized carbons (Fsp3) is 0.0833. The molecule has 0 amide bonds. The Morgan fingerprint density at radius 2 is 1.80 bits per heavy atom. The van der Waals surface area contributed by atoms with Crippen LogP contribution in [0, 0.1) is 0 Å². The summed E-state index contributed by atoms with van der Waals surface area (Å²) >= 11 is 3.37. The molecule has 0 spiro atoms. The topological polar surface area (TPSA) is 38.9 Å². The highest BCUT2D eigenvalue weighted by Gasteiger charge is 2.02. The quantitative estimate of drug-likeness (QED) is 0.845. The van der Waals surface area contributed by atoms with E-state index in [1.54, 1.807) is 0 Å². The molecule has 0 radical (unpaired) electrons. The third kappa shape index (κ3) is 2.18. The number of anilines is 1. The van der Waals surface area contributed by atoms with Crippen molar-refractivity contribution in [2.45, 2.75) is 5.33 Å². The van der Waals surface area contributed by atoms with Crippen molar-refractivity contribution < 1.29 is 0 Å². The maximum atomic E-state index is 5.83. The predicted molar refractivity (Wildman–Crippen MR) is 66.7 cm³/mol. The summed E-state index contributed by atoms with van der Waals surface area (Å²) in [7, 11) is 0. The van der Waals surface area contributed by atoms with Crippen LogP contribution in [-0.2, 0) is 5.33 Å². The molecule has 2 N–H and O–H groups in total. The molecule has 2 nitrogen and oxygen atoms in total. The number of pyridine rings is 1. The van der Waals surface area contributed by atoms with Crippen LogP contribution in [0.1, 0.15) is 5.56 Å². The summed E-state index contributed by atoms with van der Waals surface area (Å²) in [5, 5.41) is 0.737. The molecule has 0 aliphatic heterocycles. The minimum atomic E-state index is 0.591. The van der Waals surface area contributed by atoms with E-state index in [4.69, 9.17) is 5.73 Å². The van der Waals surface area contributed by atoms with E-state index in [0.29, 0.717) is 5.82 Å². The Kier molecular flexibility index (Phi) is 3.02. The largest absolute Gasteiger partial charge is 0.383 e. The molecule has 15 heavy (non-hydrogen) atoms.